The van der Waals surface area contributed by atoms with Crippen molar-refractivity contribution in [3.8, 4) is 5.75 Å². The van der Waals surface area contributed by atoms with Crippen molar-refractivity contribution >= 4 is 11.9 Å². The van der Waals surface area contributed by atoms with Gasteiger partial charge in [-0.05, 0) is 31.9 Å². The summed E-state index contributed by atoms with van der Waals surface area (Å²) in [4.78, 5) is 23.5. The van der Waals surface area contributed by atoms with Crippen molar-refractivity contribution in [1.82, 2.24) is 0 Å². The van der Waals surface area contributed by atoms with E-state index in [9.17, 15) is 27.2 Å². The molecule has 0 bridgehead atoms. The molecule has 4 nitrogen and oxygen atoms in total. The van der Waals surface area contributed by atoms with E-state index in [0.29, 0.717) is 6.07 Å². The number of carbonyl (C=O) groups is 2. The van der Waals surface area contributed by atoms with Crippen LogP contribution in [0.25, 0.3) is 0 Å². The average Bonchev–Trinajstić information content (AvgIpc) is 2.63. The third kappa shape index (κ3) is 9.76. The first-order valence-electron chi connectivity index (χ1n) is 9.91. The zero-order chi connectivity index (χ0) is 21.9. The summed E-state index contributed by atoms with van der Waals surface area (Å²) < 4.78 is 61.6. The zero-order valence-corrected chi connectivity index (χ0v) is 16.8. The maximum absolute atomic E-state index is 13.8. The van der Waals surface area contributed by atoms with Gasteiger partial charge in [0.25, 0.3) is 0 Å². The van der Waals surface area contributed by atoms with Crippen LogP contribution < -0.4 is 4.74 Å². The fourth-order valence-electron chi connectivity index (χ4n) is 2.74. The molecular weight excluding hydrogens is 392 g/mol. The summed E-state index contributed by atoms with van der Waals surface area (Å²) >= 11 is 0. The zero-order valence-electron chi connectivity index (χ0n) is 16.8. The number of rotatable bonds is 12. The monoisotopic (exact) mass is 420 g/mol. The van der Waals surface area contributed by atoms with Gasteiger partial charge in [-0.2, -0.15) is 13.2 Å². The van der Waals surface area contributed by atoms with Crippen molar-refractivity contribution < 1.29 is 36.6 Å². The number of carbonyl (C=O) groups excluding carboxylic acids is 2. The van der Waals surface area contributed by atoms with Crippen LogP contribution in [-0.2, 0) is 20.5 Å². The normalized spacial score (nSPS) is 12.5. The standard InChI is InChI=1S/C21H28F4O4/c1-3-4-5-6-7-8-10-15(2)28-18(26)13-14-19(27)29-17-12-9-11-16(20(17)22)21(23,24)25/h9,11-12,15H,3-8,10,13-14H2,1-2H3. The van der Waals surface area contributed by atoms with Crippen LogP contribution in [0, 0.1) is 5.82 Å². The van der Waals surface area contributed by atoms with Crippen LogP contribution in [0.3, 0.4) is 0 Å². The van der Waals surface area contributed by atoms with E-state index >= 15 is 0 Å². The van der Waals surface area contributed by atoms with Crippen molar-refractivity contribution in [3.63, 3.8) is 0 Å². The Morgan fingerprint density at radius 1 is 1.00 bits per heavy atom. The van der Waals surface area contributed by atoms with Crippen molar-refractivity contribution in [1.29, 1.82) is 0 Å². The highest BCUT2D eigenvalue weighted by atomic mass is 19.4. The van der Waals surface area contributed by atoms with Gasteiger partial charge in [0.05, 0.1) is 24.5 Å². The SMILES string of the molecule is CCCCCCCCC(C)OC(=O)CCC(=O)Oc1cccc(C(F)(F)F)c1F. The Labute approximate surface area is 168 Å². The molecule has 0 amide bonds. The van der Waals surface area contributed by atoms with Crippen LogP contribution in [-0.4, -0.2) is 18.0 Å². The van der Waals surface area contributed by atoms with Gasteiger partial charge in [-0.1, -0.05) is 45.1 Å². The van der Waals surface area contributed by atoms with E-state index in [1.54, 1.807) is 6.92 Å². The Bertz CT molecular complexity index is 659. The van der Waals surface area contributed by atoms with Crippen LogP contribution in [0.1, 0.15) is 77.2 Å². The molecule has 1 unspecified atom stereocenters. The number of halogens is 4. The van der Waals surface area contributed by atoms with Crippen molar-refractivity contribution in [2.24, 2.45) is 0 Å². The van der Waals surface area contributed by atoms with Crippen molar-refractivity contribution in [3.05, 3.63) is 29.6 Å². The quantitative estimate of drug-likeness (QED) is 0.175. The Kier molecular flexibility index (Phi) is 10.7. The first-order valence-corrected chi connectivity index (χ1v) is 9.91. The maximum Gasteiger partial charge on any atom is 0.419 e. The van der Waals surface area contributed by atoms with Gasteiger partial charge in [0, 0.05) is 0 Å². The number of alkyl halides is 3. The number of unbranched alkanes of at least 4 members (excludes halogenated alkanes) is 5. The molecule has 0 aliphatic heterocycles. The van der Waals surface area contributed by atoms with E-state index in [-0.39, 0.29) is 12.5 Å². The lowest BCUT2D eigenvalue weighted by Crippen LogP contribution is -2.18. The molecule has 0 aromatic heterocycles. The number of esters is 2. The maximum atomic E-state index is 13.8. The molecule has 1 atom stereocenters. The minimum absolute atomic E-state index is 0.286. The summed E-state index contributed by atoms with van der Waals surface area (Å²) in [5, 5.41) is 0. The molecule has 0 heterocycles. The summed E-state index contributed by atoms with van der Waals surface area (Å²) in [5.74, 6) is -4.10. The van der Waals surface area contributed by atoms with Gasteiger partial charge in [0.2, 0.25) is 0 Å². The van der Waals surface area contributed by atoms with Crippen LogP contribution in [0.2, 0.25) is 0 Å². The molecule has 1 aromatic rings. The second-order valence-corrected chi connectivity index (χ2v) is 6.95. The first-order chi connectivity index (χ1) is 13.6. The van der Waals surface area contributed by atoms with E-state index < -0.39 is 41.7 Å². The molecule has 8 heteroatoms. The minimum Gasteiger partial charge on any atom is -0.463 e. The second kappa shape index (κ2) is 12.4. The van der Waals surface area contributed by atoms with Gasteiger partial charge >= 0.3 is 18.1 Å². The van der Waals surface area contributed by atoms with Gasteiger partial charge in [0.1, 0.15) is 0 Å². The highest BCUT2D eigenvalue weighted by Gasteiger charge is 2.35. The smallest absolute Gasteiger partial charge is 0.419 e. The lowest BCUT2D eigenvalue weighted by atomic mass is 10.1. The second-order valence-electron chi connectivity index (χ2n) is 6.95. The van der Waals surface area contributed by atoms with Gasteiger partial charge < -0.3 is 9.47 Å². The van der Waals surface area contributed by atoms with Crippen molar-refractivity contribution in [2.45, 2.75) is 83.9 Å². The van der Waals surface area contributed by atoms with Gasteiger partial charge in [-0.15, -0.1) is 0 Å². The molecule has 164 valence electrons. The lowest BCUT2D eigenvalue weighted by molar-refractivity contribution is -0.151. The highest BCUT2D eigenvalue weighted by molar-refractivity contribution is 5.79. The van der Waals surface area contributed by atoms with E-state index in [1.807, 2.05) is 0 Å². The molecule has 1 rings (SSSR count). The van der Waals surface area contributed by atoms with Crippen LogP contribution >= 0.6 is 0 Å². The molecule has 0 aliphatic carbocycles. The minimum atomic E-state index is -4.90. The number of hydrogen-bond donors (Lipinski definition) is 0. The molecule has 0 saturated carbocycles. The summed E-state index contributed by atoms with van der Waals surface area (Å²) in [5.41, 5.74) is -1.52. The Morgan fingerprint density at radius 3 is 2.28 bits per heavy atom. The van der Waals surface area contributed by atoms with Gasteiger partial charge in [-0.25, -0.2) is 4.39 Å². The lowest BCUT2D eigenvalue weighted by Gasteiger charge is -2.13. The van der Waals surface area contributed by atoms with E-state index in [1.165, 1.54) is 19.3 Å². The molecule has 0 saturated heterocycles. The Balaban J connectivity index is 2.35. The molecule has 0 radical (unpaired) electrons. The first kappa shape index (κ1) is 24.9. The Hall–Kier alpha value is -2.12. The predicted molar refractivity (Wildman–Crippen MR) is 99.8 cm³/mol. The Morgan fingerprint density at radius 2 is 1.62 bits per heavy atom. The summed E-state index contributed by atoms with van der Waals surface area (Å²) in [6.45, 7) is 3.91. The van der Waals surface area contributed by atoms with Gasteiger partial charge in [0.15, 0.2) is 11.6 Å². The van der Waals surface area contributed by atoms with Crippen LogP contribution in [0.15, 0.2) is 18.2 Å². The molecule has 0 N–H and O–H groups in total. The van der Waals surface area contributed by atoms with Crippen molar-refractivity contribution in [2.75, 3.05) is 0 Å². The summed E-state index contributed by atoms with van der Waals surface area (Å²) in [6, 6.07) is 2.41. The highest BCUT2D eigenvalue weighted by Crippen LogP contribution is 2.34. The predicted octanol–water partition coefficient (Wildman–Crippen LogP) is 6.21. The topological polar surface area (TPSA) is 52.6 Å². The molecule has 0 fully saturated rings. The third-order valence-corrected chi connectivity index (χ3v) is 4.32. The fourth-order valence-corrected chi connectivity index (χ4v) is 2.74. The summed E-state index contributed by atoms with van der Waals surface area (Å²) in [6.07, 6.45) is 1.56. The van der Waals surface area contributed by atoms with Crippen LogP contribution in [0.5, 0.6) is 5.75 Å². The van der Waals surface area contributed by atoms with Crippen LogP contribution in [0.4, 0.5) is 17.6 Å². The van der Waals surface area contributed by atoms with E-state index in [0.717, 1.165) is 37.8 Å². The molecule has 0 spiro atoms. The number of benzene rings is 1. The number of ether oxygens (including phenoxy) is 2. The fraction of sp³-hybridized carbons (Fsp3) is 0.619. The molecular formula is C21H28F4O4. The molecule has 29 heavy (non-hydrogen) atoms. The van der Waals surface area contributed by atoms with E-state index in [2.05, 4.69) is 11.7 Å². The largest absolute Gasteiger partial charge is 0.463 e. The third-order valence-electron chi connectivity index (χ3n) is 4.32. The summed E-state index contributed by atoms with van der Waals surface area (Å²) in [7, 11) is 0. The molecule has 1 aromatic carbocycles. The molecule has 0 aliphatic rings. The number of hydrogen-bond acceptors (Lipinski definition) is 4. The van der Waals surface area contributed by atoms with E-state index in [4.69, 9.17) is 4.74 Å². The average molecular weight is 420 g/mol. The van der Waals surface area contributed by atoms with Gasteiger partial charge in [-0.3, -0.25) is 9.59 Å².